The summed E-state index contributed by atoms with van der Waals surface area (Å²) >= 11 is 0. The van der Waals surface area contributed by atoms with E-state index < -0.39 is 0 Å². The minimum absolute atomic E-state index is 0.00345. The van der Waals surface area contributed by atoms with Gasteiger partial charge in [-0.15, -0.1) is 0 Å². The SMILES string of the molecule is CC1CCCCN1Cc1ccccc1CNC(=O)Cn1c2ccccc2c(=O)c2ccccc21. The van der Waals surface area contributed by atoms with Gasteiger partial charge in [-0.3, -0.25) is 14.5 Å². The number of nitrogens with zero attached hydrogens (tertiary/aromatic N) is 2. The second-order valence-corrected chi connectivity index (χ2v) is 9.31. The topological polar surface area (TPSA) is 54.3 Å². The van der Waals surface area contributed by atoms with Crippen LogP contribution < -0.4 is 10.7 Å². The molecule has 1 N–H and O–H groups in total. The van der Waals surface area contributed by atoms with Gasteiger partial charge >= 0.3 is 0 Å². The smallest absolute Gasteiger partial charge is 0.240 e. The standard InChI is InChI=1S/C29H31N3O2/c1-21-10-8-9-17-31(21)19-23-12-3-2-11-22(23)18-30-28(33)20-32-26-15-6-4-13-24(26)29(34)25-14-5-7-16-27(25)32/h2-7,11-16,21H,8-10,17-20H2,1H3,(H,30,33). The molecule has 1 atom stereocenters. The van der Waals surface area contributed by atoms with Crippen LogP contribution in [0.3, 0.4) is 0 Å². The molecule has 0 radical (unpaired) electrons. The number of benzene rings is 3. The summed E-state index contributed by atoms with van der Waals surface area (Å²) in [5, 5.41) is 4.39. The fraction of sp³-hybridized carbons (Fsp3) is 0.310. The Balaban J connectivity index is 1.36. The molecule has 0 saturated carbocycles. The summed E-state index contributed by atoms with van der Waals surface area (Å²) < 4.78 is 1.95. The summed E-state index contributed by atoms with van der Waals surface area (Å²) in [7, 11) is 0. The van der Waals surface area contributed by atoms with Gasteiger partial charge in [-0.25, -0.2) is 0 Å². The Bertz CT molecular complexity index is 1330. The third-order valence-electron chi connectivity index (χ3n) is 7.09. The highest BCUT2D eigenvalue weighted by molar-refractivity contribution is 5.94. The first-order chi connectivity index (χ1) is 16.6. The number of hydrogen-bond acceptors (Lipinski definition) is 3. The Labute approximate surface area is 200 Å². The largest absolute Gasteiger partial charge is 0.350 e. The number of nitrogens with one attached hydrogen (secondary N) is 1. The lowest BCUT2D eigenvalue weighted by Gasteiger charge is -2.33. The molecule has 34 heavy (non-hydrogen) atoms. The van der Waals surface area contributed by atoms with E-state index in [0.29, 0.717) is 23.4 Å². The average molecular weight is 454 g/mol. The number of aromatic nitrogens is 1. The molecule has 1 saturated heterocycles. The first-order valence-corrected chi connectivity index (χ1v) is 12.2. The molecule has 1 unspecified atom stereocenters. The number of piperidine rings is 1. The fourth-order valence-electron chi connectivity index (χ4n) is 5.14. The molecule has 0 bridgehead atoms. The summed E-state index contributed by atoms with van der Waals surface area (Å²) in [5.41, 5.74) is 3.99. The zero-order valence-electron chi connectivity index (χ0n) is 19.7. The predicted octanol–water partition coefficient (Wildman–Crippen LogP) is 4.85. The van der Waals surface area contributed by atoms with Crippen molar-refractivity contribution in [3.8, 4) is 0 Å². The number of rotatable bonds is 6. The number of para-hydroxylation sites is 2. The van der Waals surface area contributed by atoms with E-state index in [1.54, 1.807) is 0 Å². The van der Waals surface area contributed by atoms with Crippen molar-refractivity contribution < 1.29 is 4.79 Å². The first-order valence-electron chi connectivity index (χ1n) is 12.2. The Morgan fingerprint density at radius 2 is 1.50 bits per heavy atom. The zero-order chi connectivity index (χ0) is 23.5. The molecule has 1 aliphatic rings. The van der Waals surface area contributed by atoms with Crippen molar-refractivity contribution >= 4 is 27.7 Å². The van der Waals surface area contributed by atoms with Crippen LogP contribution in [0, 0.1) is 0 Å². The molecule has 3 aromatic carbocycles. The number of amides is 1. The number of hydrogen-bond donors (Lipinski definition) is 1. The number of fused-ring (bicyclic) bond motifs is 2. The molecule has 1 aromatic heterocycles. The summed E-state index contributed by atoms with van der Waals surface area (Å²) in [6.07, 6.45) is 3.81. The molecule has 5 nitrogen and oxygen atoms in total. The third kappa shape index (κ3) is 4.48. The summed E-state index contributed by atoms with van der Waals surface area (Å²) in [5.74, 6) is -0.0694. The maximum absolute atomic E-state index is 13.1. The van der Waals surface area contributed by atoms with Gasteiger partial charge in [-0.05, 0) is 61.7 Å². The molecular weight excluding hydrogens is 422 g/mol. The molecule has 1 aliphatic heterocycles. The summed E-state index contributed by atoms with van der Waals surface area (Å²) in [6.45, 7) is 5.01. The van der Waals surface area contributed by atoms with Gasteiger partial charge < -0.3 is 9.88 Å². The highest BCUT2D eigenvalue weighted by Crippen LogP contribution is 2.21. The van der Waals surface area contributed by atoms with E-state index in [9.17, 15) is 9.59 Å². The maximum Gasteiger partial charge on any atom is 0.240 e. The van der Waals surface area contributed by atoms with Crippen molar-refractivity contribution in [3.63, 3.8) is 0 Å². The molecular formula is C29H31N3O2. The van der Waals surface area contributed by atoms with E-state index in [2.05, 4.69) is 35.3 Å². The lowest BCUT2D eigenvalue weighted by molar-refractivity contribution is -0.121. The van der Waals surface area contributed by atoms with Gasteiger partial charge in [-0.1, -0.05) is 55.0 Å². The first kappa shape index (κ1) is 22.4. The normalized spacial score (nSPS) is 16.7. The van der Waals surface area contributed by atoms with Crippen molar-refractivity contribution in [2.24, 2.45) is 0 Å². The second kappa shape index (κ2) is 9.82. The minimum atomic E-state index is -0.0694. The maximum atomic E-state index is 13.1. The molecule has 2 heterocycles. The van der Waals surface area contributed by atoms with E-state index >= 15 is 0 Å². The quantitative estimate of drug-likeness (QED) is 0.425. The van der Waals surface area contributed by atoms with Crippen molar-refractivity contribution in [1.82, 2.24) is 14.8 Å². The molecule has 5 heteroatoms. The van der Waals surface area contributed by atoms with Crippen LogP contribution in [0.4, 0.5) is 0 Å². The molecule has 0 aliphatic carbocycles. The molecule has 4 aromatic rings. The fourth-order valence-corrected chi connectivity index (χ4v) is 5.14. The van der Waals surface area contributed by atoms with E-state index in [1.807, 2.05) is 59.2 Å². The third-order valence-corrected chi connectivity index (χ3v) is 7.09. The van der Waals surface area contributed by atoms with E-state index in [4.69, 9.17) is 0 Å². The summed E-state index contributed by atoms with van der Waals surface area (Å²) in [6, 6.07) is 24.0. The van der Waals surface area contributed by atoms with Crippen LogP contribution in [0.15, 0.2) is 77.6 Å². The van der Waals surface area contributed by atoms with Crippen LogP contribution in [0.25, 0.3) is 21.8 Å². The molecule has 1 amide bonds. The lowest BCUT2D eigenvalue weighted by atomic mass is 10.0. The predicted molar refractivity (Wildman–Crippen MR) is 138 cm³/mol. The van der Waals surface area contributed by atoms with Crippen molar-refractivity contribution in [2.45, 2.75) is 51.9 Å². The highest BCUT2D eigenvalue weighted by Gasteiger charge is 2.19. The van der Waals surface area contributed by atoms with E-state index in [1.165, 1.54) is 24.8 Å². The second-order valence-electron chi connectivity index (χ2n) is 9.31. The van der Waals surface area contributed by atoms with Gasteiger partial charge in [0.2, 0.25) is 5.91 Å². The van der Waals surface area contributed by atoms with Gasteiger partial charge in [0.1, 0.15) is 6.54 Å². The van der Waals surface area contributed by atoms with Gasteiger partial charge in [0.05, 0.1) is 11.0 Å². The van der Waals surface area contributed by atoms with Gasteiger partial charge in [0.15, 0.2) is 5.43 Å². The van der Waals surface area contributed by atoms with Crippen LogP contribution in [0.2, 0.25) is 0 Å². The van der Waals surface area contributed by atoms with E-state index in [0.717, 1.165) is 29.7 Å². The van der Waals surface area contributed by atoms with Gasteiger partial charge in [-0.2, -0.15) is 0 Å². The molecule has 1 fully saturated rings. The number of carbonyl (C=O) groups excluding carboxylic acids is 1. The van der Waals surface area contributed by atoms with Crippen LogP contribution in [-0.2, 0) is 24.4 Å². The van der Waals surface area contributed by atoms with Crippen LogP contribution in [-0.4, -0.2) is 28.0 Å². The number of likely N-dealkylation sites (tertiary alicyclic amines) is 1. The Hall–Kier alpha value is -3.44. The molecule has 5 rings (SSSR count). The Morgan fingerprint density at radius 3 is 2.18 bits per heavy atom. The van der Waals surface area contributed by atoms with Crippen LogP contribution >= 0.6 is 0 Å². The van der Waals surface area contributed by atoms with Crippen LogP contribution in [0.5, 0.6) is 0 Å². The number of carbonyl (C=O) groups is 1. The monoisotopic (exact) mass is 453 g/mol. The van der Waals surface area contributed by atoms with Crippen molar-refractivity contribution in [3.05, 3.63) is 94.1 Å². The van der Waals surface area contributed by atoms with Crippen molar-refractivity contribution in [2.75, 3.05) is 6.54 Å². The van der Waals surface area contributed by atoms with Crippen molar-refractivity contribution in [1.29, 1.82) is 0 Å². The van der Waals surface area contributed by atoms with Gasteiger partial charge in [0, 0.05) is 29.9 Å². The Kier molecular flexibility index (Phi) is 6.45. The van der Waals surface area contributed by atoms with Gasteiger partial charge in [0.25, 0.3) is 0 Å². The zero-order valence-corrected chi connectivity index (χ0v) is 19.7. The molecule has 0 spiro atoms. The lowest BCUT2D eigenvalue weighted by Crippen LogP contribution is -2.37. The summed E-state index contributed by atoms with van der Waals surface area (Å²) in [4.78, 5) is 28.6. The van der Waals surface area contributed by atoms with E-state index in [-0.39, 0.29) is 17.9 Å². The molecule has 174 valence electrons. The average Bonchev–Trinajstić information content (AvgIpc) is 2.87. The van der Waals surface area contributed by atoms with Crippen LogP contribution in [0.1, 0.15) is 37.3 Å². The Morgan fingerprint density at radius 1 is 0.882 bits per heavy atom. The number of pyridine rings is 1. The highest BCUT2D eigenvalue weighted by atomic mass is 16.2. The minimum Gasteiger partial charge on any atom is -0.350 e.